The molecule has 0 aliphatic rings. The Bertz CT molecular complexity index is 136. The van der Waals surface area contributed by atoms with E-state index >= 15 is 0 Å². The second-order valence-corrected chi connectivity index (χ2v) is 3.58. The van der Waals surface area contributed by atoms with Gasteiger partial charge in [-0.05, 0) is 31.5 Å². The molecule has 1 unspecified atom stereocenters. The Morgan fingerprint density at radius 2 is 1.91 bits per heavy atom. The fourth-order valence-corrected chi connectivity index (χ4v) is 1.16. The van der Waals surface area contributed by atoms with E-state index in [0.29, 0.717) is 6.04 Å². The van der Waals surface area contributed by atoms with Crippen LogP contribution in [0.1, 0.15) is 40.0 Å². The van der Waals surface area contributed by atoms with E-state index in [1.807, 2.05) is 0 Å². The predicted octanol–water partition coefficient (Wildman–Crippen LogP) is 3.30. The number of aliphatic imine (C=N–C) groups is 1. The highest BCUT2D eigenvalue weighted by Gasteiger charge is 1.99. The summed E-state index contributed by atoms with van der Waals surface area (Å²) in [5.74, 6) is 0.804. The molecule has 2 heteroatoms. The zero-order valence-corrected chi connectivity index (χ0v) is 8.45. The first-order valence-electron chi connectivity index (χ1n) is 4.23. The van der Waals surface area contributed by atoms with Gasteiger partial charge in [-0.15, -0.1) is 0 Å². The van der Waals surface area contributed by atoms with Crippen molar-refractivity contribution in [1.82, 2.24) is 0 Å². The van der Waals surface area contributed by atoms with Crippen molar-refractivity contribution in [2.45, 2.75) is 46.1 Å². The summed E-state index contributed by atoms with van der Waals surface area (Å²) in [6.07, 6.45) is 3.68. The maximum atomic E-state index is 4.51. The Balaban J connectivity index is 3.31. The zero-order chi connectivity index (χ0) is 8.69. The van der Waals surface area contributed by atoms with Crippen molar-refractivity contribution in [2.75, 3.05) is 0 Å². The number of rotatable bonds is 5. The molecule has 0 radical (unpaired) electrons. The van der Waals surface area contributed by atoms with Crippen LogP contribution in [0, 0.1) is 5.92 Å². The van der Waals surface area contributed by atoms with Gasteiger partial charge in [-0.2, -0.15) is 0 Å². The first-order chi connectivity index (χ1) is 5.16. The van der Waals surface area contributed by atoms with Gasteiger partial charge >= 0.3 is 0 Å². The molecule has 0 aromatic heterocycles. The van der Waals surface area contributed by atoms with Crippen LogP contribution in [0.3, 0.4) is 0 Å². The number of thiocarbonyl (C=S) groups is 1. The molecule has 0 N–H and O–H groups in total. The van der Waals surface area contributed by atoms with Crippen LogP contribution < -0.4 is 0 Å². The van der Waals surface area contributed by atoms with Crippen LogP contribution in [0.4, 0.5) is 0 Å². The fourth-order valence-electron chi connectivity index (χ4n) is 0.976. The smallest absolute Gasteiger partial charge is 0.0587 e. The third-order valence-electron chi connectivity index (χ3n) is 1.68. The molecule has 0 heterocycles. The Morgan fingerprint density at radius 3 is 2.36 bits per heavy atom. The van der Waals surface area contributed by atoms with Crippen molar-refractivity contribution in [3.05, 3.63) is 0 Å². The van der Waals surface area contributed by atoms with E-state index in [1.165, 1.54) is 12.8 Å². The van der Waals surface area contributed by atoms with Gasteiger partial charge in [-0.25, -0.2) is 4.99 Å². The highest BCUT2D eigenvalue weighted by molar-refractivity contribution is 7.78. The predicted molar refractivity (Wildman–Crippen MR) is 53.2 cm³/mol. The summed E-state index contributed by atoms with van der Waals surface area (Å²) in [7, 11) is 0. The van der Waals surface area contributed by atoms with Crippen LogP contribution in [-0.4, -0.2) is 11.2 Å². The van der Waals surface area contributed by atoms with Crippen molar-refractivity contribution in [3.8, 4) is 0 Å². The molecule has 0 aromatic rings. The van der Waals surface area contributed by atoms with Gasteiger partial charge in [0, 0.05) is 0 Å². The maximum Gasteiger partial charge on any atom is 0.0587 e. The highest BCUT2D eigenvalue weighted by atomic mass is 32.1. The van der Waals surface area contributed by atoms with E-state index in [2.05, 4.69) is 43.1 Å². The zero-order valence-electron chi connectivity index (χ0n) is 7.63. The highest BCUT2D eigenvalue weighted by Crippen LogP contribution is 2.09. The third-order valence-corrected chi connectivity index (χ3v) is 1.78. The molecule has 0 spiro atoms. The van der Waals surface area contributed by atoms with E-state index in [-0.39, 0.29) is 0 Å². The normalized spacial score (nSPS) is 12.7. The largest absolute Gasteiger partial charge is 0.229 e. The Morgan fingerprint density at radius 1 is 1.27 bits per heavy atom. The molecule has 0 rings (SSSR count). The quantitative estimate of drug-likeness (QED) is 0.456. The second kappa shape index (κ2) is 6.51. The molecule has 0 fully saturated rings. The monoisotopic (exact) mass is 171 g/mol. The van der Waals surface area contributed by atoms with Crippen LogP contribution in [0.15, 0.2) is 4.99 Å². The van der Waals surface area contributed by atoms with Crippen molar-refractivity contribution in [2.24, 2.45) is 10.9 Å². The Labute approximate surface area is 74.9 Å². The summed E-state index contributed by atoms with van der Waals surface area (Å²) in [6, 6.07) is 0.367. The Hall–Kier alpha value is -0.200. The molecule has 0 bridgehead atoms. The molecule has 0 aliphatic carbocycles. The van der Waals surface area contributed by atoms with E-state index in [0.717, 1.165) is 12.3 Å². The lowest BCUT2D eigenvalue weighted by molar-refractivity contribution is 0.512. The van der Waals surface area contributed by atoms with Crippen LogP contribution in [0.5, 0.6) is 0 Å². The standard InChI is InChI=1S/C9H17NS/c1-8(2)5-4-6-9(3)10-7-11/h8-9H,4-6H2,1-3H3. The van der Waals surface area contributed by atoms with Crippen LogP contribution in [0.2, 0.25) is 0 Å². The molecule has 0 amide bonds. The Kier molecular flexibility index (Phi) is 6.39. The van der Waals surface area contributed by atoms with Crippen molar-refractivity contribution in [1.29, 1.82) is 0 Å². The van der Waals surface area contributed by atoms with E-state index < -0.39 is 0 Å². The summed E-state index contributed by atoms with van der Waals surface area (Å²) in [5.41, 5.74) is 0. The topological polar surface area (TPSA) is 12.4 Å². The minimum absolute atomic E-state index is 0.367. The van der Waals surface area contributed by atoms with Gasteiger partial charge in [0.25, 0.3) is 0 Å². The summed E-state index contributed by atoms with van der Waals surface area (Å²) >= 11 is 4.51. The first-order valence-corrected chi connectivity index (χ1v) is 4.64. The lowest BCUT2D eigenvalue weighted by Crippen LogP contribution is -1.98. The average Bonchev–Trinajstić information content (AvgIpc) is 1.87. The molecular weight excluding hydrogens is 154 g/mol. The van der Waals surface area contributed by atoms with Crippen LogP contribution in [0.25, 0.3) is 0 Å². The molecule has 0 aliphatic heterocycles. The minimum atomic E-state index is 0.367. The number of hydrogen-bond donors (Lipinski definition) is 0. The molecular formula is C9H17NS. The van der Waals surface area contributed by atoms with Gasteiger partial charge in [0.1, 0.15) is 0 Å². The van der Waals surface area contributed by atoms with E-state index in [1.54, 1.807) is 0 Å². The number of nitrogens with zero attached hydrogens (tertiary/aromatic N) is 1. The average molecular weight is 171 g/mol. The van der Waals surface area contributed by atoms with Gasteiger partial charge in [-0.3, -0.25) is 0 Å². The minimum Gasteiger partial charge on any atom is -0.229 e. The van der Waals surface area contributed by atoms with Crippen LogP contribution >= 0.6 is 12.2 Å². The molecule has 1 atom stereocenters. The van der Waals surface area contributed by atoms with Gasteiger partial charge in [0.2, 0.25) is 0 Å². The summed E-state index contributed by atoms with van der Waals surface area (Å²) < 4.78 is 0. The van der Waals surface area contributed by atoms with Crippen molar-refractivity contribution in [3.63, 3.8) is 0 Å². The molecule has 0 aromatic carbocycles. The number of isothiocyanates is 1. The fraction of sp³-hybridized carbons (Fsp3) is 0.889. The summed E-state index contributed by atoms with van der Waals surface area (Å²) in [5, 5.41) is 2.41. The number of hydrogen-bond acceptors (Lipinski definition) is 2. The van der Waals surface area contributed by atoms with E-state index in [9.17, 15) is 0 Å². The summed E-state index contributed by atoms with van der Waals surface area (Å²) in [6.45, 7) is 6.57. The van der Waals surface area contributed by atoms with Crippen molar-refractivity contribution >= 4 is 17.4 Å². The maximum absolute atomic E-state index is 4.51. The molecule has 64 valence electrons. The molecule has 0 saturated carbocycles. The van der Waals surface area contributed by atoms with Gasteiger partial charge in [0.15, 0.2) is 0 Å². The molecule has 11 heavy (non-hydrogen) atoms. The molecule has 1 nitrogen and oxygen atoms in total. The third kappa shape index (κ3) is 7.70. The first kappa shape index (κ1) is 10.8. The lowest BCUT2D eigenvalue weighted by Gasteiger charge is -2.05. The van der Waals surface area contributed by atoms with Crippen LogP contribution in [-0.2, 0) is 0 Å². The van der Waals surface area contributed by atoms with E-state index in [4.69, 9.17) is 0 Å². The van der Waals surface area contributed by atoms with Gasteiger partial charge < -0.3 is 0 Å². The summed E-state index contributed by atoms with van der Waals surface area (Å²) in [4.78, 5) is 3.99. The van der Waals surface area contributed by atoms with Gasteiger partial charge in [-0.1, -0.05) is 26.7 Å². The lowest BCUT2D eigenvalue weighted by atomic mass is 10.0. The van der Waals surface area contributed by atoms with Gasteiger partial charge in [0.05, 0.1) is 11.2 Å². The van der Waals surface area contributed by atoms with Crippen molar-refractivity contribution < 1.29 is 0 Å². The molecule has 0 saturated heterocycles. The SMILES string of the molecule is CC(C)CCCC(C)N=C=S. The second-order valence-electron chi connectivity index (χ2n) is 3.39.